The molecule has 1 aromatic heterocycles. The van der Waals surface area contributed by atoms with Crippen molar-refractivity contribution in [2.24, 2.45) is 5.92 Å². The van der Waals surface area contributed by atoms with E-state index in [4.69, 9.17) is 9.47 Å². The van der Waals surface area contributed by atoms with Crippen molar-refractivity contribution in [1.29, 1.82) is 0 Å². The molecule has 0 aliphatic heterocycles. The molecule has 2 aromatic carbocycles. The van der Waals surface area contributed by atoms with Gasteiger partial charge in [-0.15, -0.1) is 11.3 Å². The van der Waals surface area contributed by atoms with E-state index in [-0.39, 0.29) is 5.91 Å². The number of ether oxygens (including phenoxy) is 2. The maximum Gasteiger partial charge on any atom is 0.254 e. The lowest BCUT2D eigenvalue weighted by Crippen LogP contribution is -2.26. The quantitative estimate of drug-likeness (QED) is 0.597. The Morgan fingerprint density at radius 2 is 1.96 bits per heavy atom. The minimum absolute atomic E-state index is 0.0806. The van der Waals surface area contributed by atoms with E-state index in [1.807, 2.05) is 24.3 Å². The fourth-order valence-electron chi connectivity index (χ4n) is 2.66. The summed E-state index contributed by atoms with van der Waals surface area (Å²) < 4.78 is 12.3. The van der Waals surface area contributed by atoms with Crippen LogP contribution >= 0.6 is 11.3 Å². The van der Waals surface area contributed by atoms with Gasteiger partial charge in [0.1, 0.15) is 5.01 Å². The van der Waals surface area contributed by atoms with E-state index in [1.165, 1.54) is 0 Å². The summed E-state index contributed by atoms with van der Waals surface area (Å²) in [4.78, 5) is 19.1. The number of nitrogens with zero attached hydrogens (tertiary/aromatic N) is 2. The molecule has 0 unspecified atom stereocenters. The molecule has 0 atom stereocenters. The number of fused-ring (bicyclic) bond motifs is 1. The summed E-state index contributed by atoms with van der Waals surface area (Å²) >= 11 is 1.61. The van der Waals surface area contributed by atoms with Gasteiger partial charge in [-0.05, 0) is 36.2 Å². The molecule has 0 N–H and O–H groups in total. The van der Waals surface area contributed by atoms with E-state index in [0.29, 0.717) is 36.1 Å². The highest BCUT2D eigenvalue weighted by Crippen LogP contribution is 2.29. The molecule has 27 heavy (non-hydrogen) atoms. The molecule has 0 saturated heterocycles. The molecule has 1 heterocycles. The third kappa shape index (κ3) is 4.57. The maximum atomic E-state index is 12.8. The zero-order valence-corrected chi connectivity index (χ0v) is 16.9. The normalized spacial score (nSPS) is 11.0. The van der Waals surface area contributed by atoms with Gasteiger partial charge in [0.15, 0.2) is 11.5 Å². The standard InChI is InChI=1S/C21H24N2O3S/c1-14(2)13-26-17-10-9-15(11-18(17)25-4)21(24)23(3)12-20-22-16-7-5-6-8-19(16)27-20/h5-11,14H,12-13H2,1-4H3. The maximum absolute atomic E-state index is 12.8. The number of hydrogen-bond acceptors (Lipinski definition) is 5. The van der Waals surface area contributed by atoms with Crippen LogP contribution in [0.4, 0.5) is 0 Å². The van der Waals surface area contributed by atoms with E-state index in [9.17, 15) is 4.79 Å². The van der Waals surface area contributed by atoms with Crippen LogP contribution < -0.4 is 9.47 Å². The molecular weight excluding hydrogens is 360 g/mol. The van der Waals surface area contributed by atoms with Crippen molar-refractivity contribution in [2.45, 2.75) is 20.4 Å². The monoisotopic (exact) mass is 384 g/mol. The predicted molar refractivity (Wildman–Crippen MR) is 109 cm³/mol. The molecule has 0 aliphatic rings. The second-order valence-corrected chi connectivity index (χ2v) is 7.92. The van der Waals surface area contributed by atoms with Crippen LogP contribution in [0.15, 0.2) is 42.5 Å². The summed E-state index contributed by atoms with van der Waals surface area (Å²) in [5, 5.41) is 0.913. The van der Waals surface area contributed by atoms with Crippen molar-refractivity contribution in [3.63, 3.8) is 0 Å². The Hall–Kier alpha value is -2.60. The number of thiazole rings is 1. The fraction of sp³-hybridized carbons (Fsp3) is 0.333. The molecule has 142 valence electrons. The molecule has 0 radical (unpaired) electrons. The molecule has 3 aromatic rings. The Balaban J connectivity index is 1.73. The van der Waals surface area contributed by atoms with Crippen LogP contribution in [0, 0.1) is 5.92 Å². The van der Waals surface area contributed by atoms with E-state index >= 15 is 0 Å². The van der Waals surface area contributed by atoms with Gasteiger partial charge in [-0.2, -0.15) is 0 Å². The van der Waals surface area contributed by atoms with E-state index in [1.54, 1.807) is 48.6 Å². The first kappa shape index (κ1) is 19.2. The van der Waals surface area contributed by atoms with E-state index < -0.39 is 0 Å². The number of amides is 1. The Kier molecular flexibility index (Phi) is 5.96. The van der Waals surface area contributed by atoms with Gasteiger partial charge in [-0.1, -0.05) is 26.0 Å². The van der Waals surface area contributed by atoms with Crippen molar-refractivity contribution >= 4 is 27.5 Å². The van der Waals surface area contributed by atoms with Crippen LogP contribution in [0.1, 0.15) is 29.2 Å². The summed E-state index contributed by atoms with van der Waals surface area (Å²) in [5.74, 6) is 1.55. The summed E-state index contributed by atoms with van der Waals surface area (Å²) in [7, 11) is 3.36. The smallest absolute Gasteiger partial charge is 0.254 e. The largest absolute Gasteiger partial charge is 0.493 e. The second-order valence-electron chi connectivity index (χ2n) is 6.81. The van der Waals surface area contributed by atoms with Crippen molar-refractivity contribution in [2.75, 3.05) is 20.8 Å². The van der Waals surface area contributed by atoms with Crippen LogP contribution in [-0.2, 0) is 6.54 Å². The van der Waals surface area contributed by atoms with Gasteiger partial charge in [0.25, 0.3) is 5.91 Å². The average molecular weight is 385 g/mol. The lowest BCUT2D eigenvalue weighted by atomic mass is 10.1. The molecule has 0 fully saturated rings. The third-order valence-corrected chi connectivity index (χ3v) is 5.06. The third-order valence-electron chi connectivity index (χ3n) is 4.04. The first-order valence-corrected chi connectivity index (χ1v) is 9.70. The summed E-state index contributed by atoms with van der Waals surface area (Å²) in [5.41, 5.74) is 1.53. The molecule has 3 rings (SSSR count). The molecule has 6 heteroatoms. The van der Waals surface area contributed by atoms with Crippen molar-refractivity contribution in [1.82, 2.24) is 9.88 Å². The minimum Gasteiger partial charge on any atom is -0.493 e. The summed E-state index contributed by atoms with van der Waals surface area (Å²) in [6.45, 7) is 5.23. The fourth-order valence-corrected chi connectivity index (χ4v) is 3.68. The summed E-state index contributed by atoms with van der Waals surface area (Å²) in [6.07, 6.45) is 0. The summed E-state index contributed by atoms with van der Waals surface area (Å²) in [6, 6.07) is 13.3. The topological polar surface area (TPSA) is 51.7 Å². The van der Waals surface area contributed by atoms with Gasteiger partial charge in [-0.25, -0.2) is 4.98 Å². The number of carbonyl (C=O) groups excluding carboxylic acids is 1. The number of para-hydroxylation sites is 1. The van der Waals surface area contributed by atoms with E-state index in [2.05, 4.69) is 18.8 Å². The Labute approximate surface area is 163 Å². The zero-order valence-electron chi connectivity index (χ0n) is 16.1. The lowest BCUT2D eigenvalue weighted by molar-refractivity contribution is 0.0784. The highest BCUT2D eigenvalue weighted by atomic mass is 32.1. The predicted octanol–water partition coefficient (Wildman–Crippen LogP) is 4.61. The highest BCUT2D eigenvalue weighted by molar-refractivity contribution is 7.18. The molecule has 0 aliphatic carbocycles. The molecule has 0 saturated carbocycles. The van der Waals surface area contributed by atoms with Crippen LogP contribution in [0.5, 0.6) is 11.5 Å². The number of hydrogen-bond donors (Lipinski definition) is 0. The molecule has 5 nitrogen and oxygen atoms in total. The van der Waals surface area contributed by atoms with Crippen molar-refractivity contribution in [3.8, 4) is 11.5 Å². The minimum atomic E-state index is -0.0806. The van der Waals surface area contributed by atoms with Gasteiger partial charge in [0, 0.05) is 12.6 Å². The van der Waals surface area contributed by atoms with Crippen LogP contribution in [0.2, 0.25) is 0 Å². The first-order valence-electron chi connectivity index (χ1n) is 8.88. The number of aromatic nitrogens is 1. The first-order chi connectivity index (χ1) is 13.0. The zero-order chi connectivity index (χ0) is 19.4. The van der Waals surface area contributed by atoms with Gasteiger partial charge < -0.3 is 14.4 Å². The van der Waals surface area contributed by atoms with Gasteiger partial charge >= 0.3 is 0 Å². The molecular formula is C21H24N2O3S. The number of benzene rings is 2. The number of carbonyl (C=O) groups is 1. The van der Waals surface area contributed by atoms with Crippen LogP contribution in [0.25, 0.3) is 10.2 Å². The van der Waals surface area contributed by atoms with Crippen molar-refractivity contribution in [3.05, 3.63) is 53.0 Å². The molecule has 1 amide bonds. The molecule has 0 bridgehead atoms. The second kappa shape index (κ2) is 8.39. The Bertz CT molecular complexity index is 903. The SMILES string of the molecule is COc1cc(C(=O)N(C)Cc2nc3ccccc3s2)ccc1OCC(C)C. The Morgan fingerprint density at radius 1 is 1.19 bits per heavy atom. The average Bonchev–Trinajstić information content (AvgIpc) is 3.07. The van der Waals surface area contributed by atoms with Gasteiger partial charge in [-0.3, -0.25) is 4.79 Å². The Morgan fingerprint density at radius 3 is 2.67 bits per heavy atom. The van der Waals surface area contributed by atoms with Gasteiger partial charge in [0.2, 0.25) is 0 Å². The molecule has 0 spiro atoms. The lowest BCUT2D eigenvalue weighted by Gasteiger charge is -2.17. The number of rotatable bonds is 7. The van der Waals surface area contributed by atoms with Crippen molar-refractivity contribution < 1.29 is 14.3 Å². The van der Waals surface area contributed by atoms with E-state index in [0.717, 1.165) is 15.2 Å². The van der Waals surface area contributed by atoms with Gasteiger partial charge in [0.05, 0.1) is 30.5 Å². The van der Waals surface area contributed by atoms with Crippen LogP contribution in [0.3, 0.4) is 0 Å². The number of methoxy groups -OCH3 is 1. The highest BCUT2D eigenvalue weighted by Gasteiger charge is 2.17. The van der Waals surface area contributed by atoms with Crippen LogP contribution in [-0.4, -0.2) is 36.6 Å².